The van der Waals surface area contributed by atoms with Crippen molar-refractivity contribution >= 4 is 11.0 Å². The predicted octanol–water partition coefficient (Wildman–Crippen LogP) is 5.97. The van der Waals surface area contributed by atoms with Gasteiger partial charge in [0, 0.05) is 22.1 Å². The molecule has 0 saturated carbocycles. The molecule has 0 bridgehead atoms. The molecule has 1 aromatic heterocycles. The van der Waals surface area contributed by atoms with Crippen LogP contribution in [0.1, 0.15) is 30.5 Å². The van der Waals surface area contributed by atoms with E-state index in [0.717, 1.165) is 22.1 Å². The summed E-state index contributed by atoms with van der Waals surface area (Å²) in [4.78, 5) is 12.7. The number of benzene rings is 3. The zero-order chi connectivity index (χ0) is 21.4. The average Bonchev–Trinajstić information content (AvgIpc) is 3.20. The maximum atomic E-state index is 12.7. The Labute approximate surface area is 180 Å². The van der Waals surface area contributed by atoms with Crippen molar-refractivity contribution in [3.63, 3.8) is 0 Å². The Balaban J connectivity index is 1.66. The molecule has 4 nitrogen and oxygen atoms in total. The second-order valence-electron chi connectivity index (χ2n) is 7.91. The molecule has 2 heterocycles. The summed E-state index contributed by atoms with van der Waals surface area (Å²) >= 11 is 0. The van der Waals surface area contributed by atoms with E-state index >= 15 is 0 Å². The molecule has 0 atom stereocenters. The number of rotatable bonds is 4. The summed E-state index contributed by atoms with van der Waals surface area (Å²) < 4.78 is 18.7. The number of allylic oxidation sites excluding steroid dienone is 2. The molecule has 0 aliphatic carbocycles. The Kier molecular flexibility index (Phi) is 4.63. The highest BCUT2D eigenvalue weighted by Crippen LogP contribution is 2.50. The van der Waals surface area contributed by atoms with Crippen LogP contribution in [0.3, 0.4) is 0 Å². The summed E-state index contributed by atoms with van der Waals surface area (Å²) in [6.45, 7) is 4.01. The lowest BCUT2D eigenvalue weighted by Gasteiger charge is -2.28. The Morgan fingerprint density at radius 1 is 0.871 bits per heavy atom. The molecular weight excluding hydrogens is 388 g/mol. The van der Waals surface area contributed by atoms with Crippen LogP contribution in [0.2, 0.25) is 0 Å². The molecular formula is C27H22O4. The molecule has 5 rings (SSSR count). The van der Waals surface area contributed by atoms with E-state index in [9.17, 15) is 4.79 Å². The topological polar surface area (TPSA) is 48.7 Å². The molecule has 31 heavy (non-hydrogen) atoms. The third-order valence-electron chi connectivity index (χ3n) is 5.43. The van der Waals surface area contributed by atoms with Gasteiger partial charge in [0.05, 0.1) is 0 Å². The van der Waals surface area contributed by atoms with Crippen LogP contribution in [0.5, 0.6) is 11.5 Å². The first-order valence-electron chi connectivity index (χ1n) is 10.3. The van der Waals surface area contributed by atoms with E-state index in [-0.39, 0.29) is 5.63 Å². The summed E-state index contributed by atoms with van der Waals surface area (Å²) in [6, 6.07) is 25.2. The van der Waals surface area contributed by atoms with Crippen LogP contribution in [0.4, 0.5) is 0 Å². The van der Waals surface area contributed by atoms with E-state index in [2.05, 4.69) is 0 Å². The van der Waals surface area contributed by atoms with Crippen LogP contribution in [-0.4, -0.2) is 0 Å². The standard InChI is InChI=1S/C27H22O4/c1-18(2)13-14-20-17-19-15-16-23-25(24(19)29-26(20)28)31-27(30-23,21-9-5-3-6-10-21)22-11-7-4-8-12-22/h3-13,15-17H,14H2,1-2H3. The molecule has 0 saturated heterocycles. The normalized spacial score (nSPS) is 13.9. The van der Waals surface area contributed by atoms with Gasteiger partial charge in [0.25, 0.3) is 0 Å². The number of fused-ring (bicyclic) bond motifs is 3. The van der Waals surface area contributed by atoms with E-state index in [1.54, 1.807) is 0 Å². The quantitative estimate of drug-likeness (QED) is 0.307. The molecule has 0 spiro atoms. The van der Waals surface area contributed by atoms with Crippen molar-refractivity contribution in [1.29, 1.82) is 0 Å². The largest absolute Gasteiger partial charge is 0.440 e. The van der Waals surface area contributed by atoms with E-state index in [1.807, 2.05) is 98.8 Å². The van der Waals surface area contributed by atoms with Gasteiger partial charge in [-0.3, -0.25) is 0 Å². The first-order chi connectivity index (χ1) is 15.1. The van der Waals surface area contributed by atoms with Gasteiger partial charge >= 0.3 is 11.4 Å². The van der Waals surface area contributed by atoms with Gasteiger partial charge in [0.2, 0.25) is 5.75 Å². The van der Waals surface area contributed by atoms with E-state index < -0.39 is 5.79 Å². The lowest BCUT2D eigenvalue weighted by molar-refractivity contribution is -0.0457. The molecule has 3 aromatic carbocycles. The molecule has 4 heteroatoms. The van der Waals surface area contributed by atoms with Gasteiger partial charge < -0.3 is 13.9 Å². The van der Waals surface area contributed by atoms with Crippen LogP contribution < -0.4 is 15.1 Å². The third-order valence-corrected chi connectivity index (χ3v) is 5.43. The fraction of sp³-hybridized carbons (Fsp3) is 0.148. The molecule has 0 amide bonds. The van der Waals surface area contributed by atoms with Crippen LogP contribution in [0.25, 0.3) is 11.0 Å². The maximum Gasteiger partial charge on any atom is 0.339 e. The Hall–Kier alpha value is -3.79. The number of hydrogen-bond acceptors (Lipinski definition) is 4. The lowest BCUT2D eigenvalue weighted by atomic mass is 9.97. The highest BCUT2D eigenvalue weighted by Gasteiger charge is 2.46. The minimum Gasteiger partial charge on any atom is -0.440 e. The molecule has 0 N–H and O–H groups in total. The molecule has 0 unspecified atom stereocenters. The van der Waals surface area contributed by atoms with Crippen molar-refractivity contribution in [2.45, 2.75) is 26.1 Å². The second-order valence-corrected chi connectivity index (χ2v) is 7.91. The van der Waals surface area contributed by atoms with E-state index in [0.29, 0.717) is 29.1 Å². The summed E-state index contributed by atoms with van der Waals surface area (Å²) in [7, 11) is 0. The van der Waals surface area contributed by atoms with Gasteiger partial charge in [-0.05, 0) is 38.5 Å². The third kappa shape index (κ3) is 3.30. The fourth-order valence-electron chi connectivity index (χ4n) is 3.85. The first kappa shape index (κ1) is 19.2. The SMILES string of the molecule is CC(C)=CCc1cc2ccc3c(c2oc1=O)OC(c1ccccc1)(c1ccccc1)O3. The van der Waals surface area contributed by atoms with Crippen LogP contribution in [0, 0.1) is 0 Å². The Bertz CT molecular complexity index is 1290. The van der Waals surface area contributed by atoms with Gasteiger partial charge in [-0.1, -0.05) is 72.3 Å². The molecule has 0 radical (unpaired) electrons. The van der Waals surface area contributed by atoms with Gasteiger partial charge in [-0.25, -0.2) is 4.79 Å². The molecule has 0 fully saturated rings. The van der Waals surface area contributed by atoms with Crippen molar-refractivity contribution in [1.82, 2.24) is 0 Å². The molecule has 154 valence electrons. The smallest absolute Gasteiger partial charge is 0.339 e. The minimum absolute atomic E-state index is 0.362. The maximum absolute atomic E-state index is 12.7. The summed E-state index contributed by atoms with van der Waals surface area (Å²) in [5.74, 6) is -0.171. The molecule has 1 aliphatic heterocycles. The van der Waals surface area contributed by atoms with Crippen molar-refractivity contribution in [3.8, 4) is 11.5 Å². The molecule has 4 aromatic rings. The van der Waals surface area contributed by atoms with Crippen molar-refractivity contribution in [2.24, 2.45) is 0 Å². The molecule has 1 aliphatic rings. The van der Waals surface area contributed by atoms with E-state index in [4.69, 9.17) is 13.9 Å². The highest BCUT2D eigenvalue weighted by atomic mass is 16.7. The van der Waals surface area contributed by atoms with Crippen molar-refractivity contribution in [3.05, 3.63) is 118 Å². The van der Waals surface area contributed by atoms with Crippen LogP contribution in [0.15, 0.2) is 99.7 Å². The van der Waals surface area contributed by atoms with Crippen molar-refractivity contribution < 1.29 is 13.9 Å². The summed E-state index contributed by atoms with van der Waals surface area (Å²) in [5, 5.41) is 0.802. The predicted molar refractivity (Wildman–Crippen MR) is 121 cm³/mol. The average molecular weight is 410 g/mol. The second kappa shape index (κ2) is 7.47. The lowest BCUT2D eigenvalue weighted by Crippen LogP contribution is -2.36. The Morgan fingerprint density at radius 2 is 1.52 bits per heavy atom. The van der Waals surface area contributed by atoms with Gasteiger partial charge in [-0.2, -0.15) is 0 Å². The zero-order valence-corrected chi connectivity index (χ0v) is 17.4. The Morgan fingerprint density at radius 3 is 2.13 bits per heavy atom. The van der Waals surface area contributed by atoms with Crippen LogP contribution in [-0.2, 0) is 12.2 Å². The first-order valence-corrected chi connectivity index (χ1v) is 10.3. The van der Waals surface area contributed by atoms with Crippen LogP contribution >= 0.6 is 0 Å². The zero-order valence-electron chi connectivity index (χ0n) is 17.4. The fourth-order valence-corrected chi connectivity index (χ4v) is 3.85. The van der Waals surface area contributed by atoms with Gasteiger partial charge in [0.1, 0.15) is 0 Å². The monoisotopic (exact) mass is 410 g/mol. The van der Waals surface area contributed by atoms with Crippen molar-refractivity contribution in [2.75, 3.05) is 0 Å². The minimum atomic E-state index is -1.15. The summed E-state index contributed by atoms with van der Waals surface area (Å²) in [5.41, 5.74) is 3.52. The van der Waals surface area contributed by atoms with Gasteiger partial charge in [-0.15, -0.1) is 0 Å². The van der Waals surface area contributed by atoms with Gasteiger partial charge in [0.15, 0.2) is 11.3 Å². The highest BCUT2D eigenvalue weighted by molar-refractivity contribution is 5.86. The summed E-state index contributed by atoms with van der Waals surface area (Å²) in [6.07, 6.45) is 2.55. The number of hydrogen-bond donors (Lipinski definition) is 0. The number of ether oxygens (including phenoxy) is 2. The van der Waals surface area contributed by atoms with E-state index in [1.165, 1.54) is 0 Å².